The minimum absolute atomic E-state index is 0.745. The van der Waals surface area contributed by atoms with E-state index in [0.29, 0.717) is 0 Å². The van der Waals surface area contributed by atoms with Crippen LogP contribution in [0.15, 0.2) is 0 Å². The Morgan fingerprint density at radius 3 is 2.94 bits per heavy atom. The average molecular weight is 217 g/mol. The van der Waals surface area contributed by atoms with Crippen molar-refractivity contribution in [3.05, 3.63) is 22.8 Å². The quantitative estimate of drug-likeness (QED) is 0.665. The van der Waals surface area contributed by atoms with Crippen LogP contribution in [0.2, 0.25) is 0 Å². The van der Waals surface area contributed by atoms with Crippen molar-refractivity contribution in [3.8, 4) is 0 Å². The number of piperidine rings is 1. The van der Waals surface area contributed by atoms with E-state index in [1.807, 2.05) is 6.92 Å². The lowest BCUT2D eigenvalue weighted by atomic mass is 9.91. The summed E-state index contributed by atoms with van der Waals surface area (Å²) in [5.74, 6) is 0.931. The van der Waals surface area contributed by atoms with Crippen LogP contribution in [0.5, 0.6) is 0 Å². The van der Waals surface area contributed by atoms with Crippen LogP contribution in [0.25, 0.3) is 0 Å². The molecule has 0 aliphatic carbocycles. The fourth-order valence-electron chi connectivity index (χ4n) is 3.11. The van der Waals surface area contributed by atoms with Crippen molar-refractivity contribution in [2.75, 3.05) is 6.54 Å². The van der Waals surface area contributed by atoms with Crippen LogP contribution in [0.1, 0.15) is 42.0 Å². The molecular weight excluding hydrogens is 198 g/mol. The van der Waals surface area contributed by atoms with Gasteiger partial charge in [0.1, 0.15) is 5.82 Å². The van der Waals surface area contributed by atoms with Crippen LogP contribution >= 0.6 is 0 Å². The minimum Gasteiger partial charge on any atom is -0.296 e. The molecule has 3 nitrogen and oxygen atoms in total. The van der Waals surface area contributed by atoms with E-state index in [4.69, 9.17) is 0 Å². The van der Waals surface area contributed by atoms with Gasteiger partial charge >= 0.3 is 0 Å². The highest BCUT2D eigenvalue weighted by Crippen LogP contribution is 2.29. The molecule has 1 unspecified atom stereocenters. The molecule has 86 valence electrons. The molecule has 0 radical (unpaired) electrons. The van der Waals surface area contributed by atoms with Gasteiger partial charge in [0.15, 0.2) is 0 Å². The first kappa shape index (κ1) is 10.2. The first-order valence-corrected chi connectivity index (χ1v) is 6.31. The second-order valence-corrected chi connectivity index (χ2v) is 5.11. The Morgan fingerprint density at radius 2 is 2.06 bits per heavy atom. The van der Waals surface area contributed by atoms with Gasteiger partial charge in [-0.15, -0.1) is 0 Å². The molecule has 1 atom stereocenters. The lowest BCUT2D eigenvalue weighted by Gasteiger charge is -2.40. The van der Waals surface area contributed by atoms with Gasteiger partial charge in [-0.2, -0.15) is 0 Å². The number of aryl methyl sites for hydroxylation is 2. The van der Waals surface area contributed by atoms with E-state index in [-0.39, 0.29) is 0 Å². The number of hydrogen-bond donors (Lipinski definition) is 0. The number of fused-ring (bicyclic) bond motifs is 2. The fraction of sp³-hybridized carbons (Fsp3) is 0.692. The van der Waals surface area contributed by atoms with Gasteiger partial charge in [-0.1, -0.05) is 6.42 Å². The lowest BCUT2D eigenvalue weighted by molar-refractivity contribution is 0.125. The standard InChI is InChI=1S/C13H19N3/c1-9-12-8-16-6-4-3-5-11(16)7-13(12)15-10(2)14-9/h11H,3-8H2,1-2H3. The number of aromatic nitrogens is 2. The lowest BCUT2D eigenvalue weighted by Crippen LogP contribution is -2.44. The fourth-order valence-corrected chi connectivity index (χ4v) is 3.11. The molecule has 1 saturated heterocycles. The van der Waals surface area contributed by atoms with Crippen LogP contribution in [0.3, 0.4) is 0 Å². The molecule has 3 heteroatoms. The SMILES string of the molecule is Cc1nc(C)c2c(n1)CC1CCCCN1C2. The molecule has 0 aromatic carbocycles. The molecule has 1 aromatic rings. The van der Waals surface area contributed by atoms with E-state index in [1.54, 1.807) is 0 Å². The van der Waals surface area contributed by atoms with Gasteiger partial charge < -0.3 is 0 Å². The van der Waals surface area contributed by atoms with Crippen molar-refractivity contribution in [1.29, 1.82) is 0 Å². The van der Waals surface area contributed by atoms with E-state index in [1.165, 1.54) is 42.8 Å². The van der Waals surface area contributed by atoms with Crippen molar-refractivity contribution in [2.45, 2.75) is 52.1 Å². The summed E-state index contributed by atoms with van der Waals surface area (Å²) in [5, 5.41) is 0. The van der Waals surface area contributed by atoms with E-state index in [0.717, 1.165) is 24.8 Å². The first-order valence-electron chi connectivity index (χ1n) is 6.31. The topological polar surface area (TPSA) is 29.0 Å². The number of nitrogens with zero attached hydrogens (tertiary/aromatic N) is 3. The zero-order valence-corrected chi connectivity index (χ0v) is 10.2. The van der Waals surface area contributed by atoms with E-state index in [9.17, 15) is 0 Å². The third kappa shape index (κ3) is 1.63. The van der Waals surface area contributed by atoms with Crippen LogP contribution in [0.4, 0.5) is 0 Å². The third-order valence-corrected chi connectivity index (χ3v) is 3.95. The summed E-state index contributed by atoms with van der Waals surface area (Å²) in [4.78, 5) is 11.7. The molecule has 2 aliphatic rings. The molecule has 0 saturated carbocycles. The summed E-state index contributed by atoms with van der Waals surface area (Å²) in [5.41, 5.74) is 3.89. The maximum Gasteiger partial charge on any atom is 0.125 e. The molecule has 1 aromatic heterocycles. The normalized spacial score (nSPS) is 25.0. The zero-order valence-electron chi connectivity index (χ0n) is 10.2. The molecule has 0 amide bonds. The van der Waals surface area contributed by atoms with E-state index < -0.39 is 0 Å². The van der Waals surface area contributed by atoms with E-state index >= 15 is 0 Å². The Hall–Kier alpha value is -0.960. The van der Waals surface area contributed by atoms with Gasteiger partial charge in [0, 0.05) is 30.3 Å². The van der Waals surface area contributed by atoms with Gasteiger partial charge in [-0.3, -0.25) is 4.90 Å². The van der Waals surface area contributed by atoms with Crippen LogP contribution in [-0.2, 0) is 13.0 Å². The molecule has 3 heterocycles. The Morgan fingerprint density at radius 1 is 1.19 bits per heavy atom. The third-order valence-electron chi connectivity index (χ3n) is 3.95. The Bertz CT molecular complexity index is 414. The molecular formula is C13H19N3. The number of hydrogen-bond acceptors (Lipinski definition) is 3. The van der Waals surface area contributed by atoms with Gasteiger partial charge in [0.2, 0.25) is 0 Å². The molecule has 1 fully saturated rings. The monoisotopic (exact) mass is 217 g/mol. The van der Waals surface area contributed by atoms with Crippen LogP contribution < -0.4 is 0 Å². The molecule has 0 bridgehead atoms. The summed E-state index contributed by atoms with van der Waals surface area (Å²) in [6, 6.07) is 0.745. The summed E-state index contributed by atoms with van der Waals surface area (Å²) in [7, 11) is 0. The molecule has 3 rings (SSSR count). The highest BCUT2D eigenvalue weighted by atomic mass is 15.2. The van der Waals surface area contributed by atoms with Crippen molar-refractivity contribution >= 4 is 0 Å². The molecule has 0 N–H and O–H groups in total. The highest BCUT2D eigenvalue weighted by molar-refractivity contribution is 5.28. The summed E-state index contributed by atoms with van der Waals surface area (Å²) >= 11 is 0. The Labute approximate surface area is 96.9 Å². The molecule has 0 spiro atoms. The number of rotatable bonds is 0. The van der Waals surface area contributed by atoms with Crippen LogP contribution in [0, 0.1) is 13.8 Å². The first-order chi connectivity index (χ1) is 7.74. The van der Waals surface area contributed by atoms with Gasteiger partial charge in [-0.25, -0.2) is 9.97 Å². The Balaban J connectivity index is 1.98. The van der Waals surface area contributed by atoms with Crippen molar-refractivity contribution in [2.24, 2.45) is 0 Å². The van der Waals surface area contributed by atoms with Crippen molar-refractivity contribution < 1.29 is 0 Å². The van der Waals surface area contributed by atoms with E-state index in [2.05, 4.69) is 21.8 Å². The van der Waals surface area contributed by atoms with Crippen molar-refractivity contribution in [1.82, 2.24) is 14.9 Å². The predicted molar refractivity (Wildman–Crippen MR) is 63.3 cm³/mol. The minimum atomic E-state index is 0.745. The van der Waals surface area contributed by atoms with Gasteiger partial charge in [0.25, 0.3) is 0 Å². The maximum absolute atomic E-state index is 4.63. The highest BCUT2D eigenvalue weighted by Gasteiger charge is 2.30. The van der Waals surface area contributed by atoms with Crippen molar-refractivity contribution in [3.63, 3.8) is 0 Å². The maximum atomic E-state index is 4.63. The second-order valence-electron chi connectivity index (χ2n) is 5.11. The largest absolute Gasteiger partial charge is 0.296 e. The molecule has 2 aliphatic heterocycles. The summed E-state index contributed by atoms with van der Waals surface area (Å²) < 4.78 is 0. The molecule has 16 heavy (non-hydrogen) atoms. The average Bonchev–Trinajstić information content (AvgIpc) is 2.27. The Kier molecular flexibility index (Phi) is 2.43. The zero-order chi connectivity index (χ0) is 11.1. The summed E-state index contributed by atoms with van der Waals surface area (Å²) in [6.45, 7) is 6.46. The van der Waals surface area contributed by atoms with Crippen LogP contribution in [-0.4, -0.2) is 27.5 Å². The summed E-state index contributed by atoms with van der Waals surface area (Å²) in [6.07, 6.45) is 5.23. The van der Waals surface area contributed by atoms with Gasteiger partial charge in [0.05, 0.1) is 5.69 Å². The predicted octanol–water partition coefficient (Wildman–Crippen LogP) is 2.00. The second kappa shape index (κ2) is 3.81. The van der Waals surface area contributed by atoms with Gasteiger partial charge in [-0.05, 0) is 33.2 Å². The smallest absolute Gasteiger partial charge is 0.125 e.